The van der Waals surface area contributed by atoms with Crippen LogP contribution in [-0.2, 0) is 4.79 Å². The summed E-state index contributed by atoms with van der Waals surface area (Å²) in [5, 5.41) is 13.3. The molecule has 5 nitrogen and oxygen atoms in total. The second-order valence-corrected chi connectivity index (χ2v) is 7.03. The topological polar surface area (TPSA) is 75.4 Å². The Hall–Kier alpha value is -1.01. The number of carboxylic acid groups (broad SMARTS) is 1. The highest BCUT2D eigenvalue weighted by Gasteiger charge is 2.37. The van der Waals surface area contributed by atoms with Gasteiger partial charge in [0.05, 0.1) is 5.69 Å². The fourth-order valence-electron chi connectivity index (χ4n) is 2.16. The summed E-state index contributed by atoms with van der Waals surface area (Å²) in [5.74, 6) is 1.02. The van der Waals surface area contributed by atoms with E-state index in [2.05, 4.69) is 10.3 Å². The molecule has 0 amide bonds. The van der Waals surface area contributed by atoms with Gasteiger partial charge in [0, 0.05) is 11.8 Å². The summed E-state index contributed by atoms with van der Waals surface area (Å²) >= 11 is 1.60. The summed E-state index contributed by atoms with van der Waals surface area (Å²) in [4.78, 5) is 15.7. The van der Waals surface area contributed by atoms with Gasteiger partial charge < -0.3 is 9.52 Å². The highest BCUT2D eigenvalue weighted by molar-refractivity contribution is 7.99. The smallest absolute Gasteiger partial charge is 0.323 e. The molecule has 6 heteroatoms. The van der Waals surface area contributed by atoms with Gasteiger partial charge in [-0.15, -0.1) is 0 Å². The molecule has 0 radical (unpaired) electrons. The van der Waals surface area contributed by atoms with E-state index >= 15 is 0 Å². The lowest BCUT2D eigenvalue weighted by Crippen LogP contribution is -2.50. The van der Waals surface area contributed by atoms with Crippen molar-refractivity contribution >= 4 is 17.7 Å². The van der Waals surface area contributed by atoms with Gasteiger partial charge >= 0.3 is 5.97 Å². The van der Waals surface area contributed by atoms with Crippen LogP contribution in [0.2, 0.25) is 0 Å². The van der Waals surface area contributed by atoms with E-state index in [0.29, 0.717) is 17.7 Å². The highest BCUT2D eigenvalue weighted by atomic mass is 32.2. The molecule has 1 unspecified atom stereocenters. The lowest BCUT2D eigenvalue weighted by molar-refractivity contribution is -0.144. The monoisotopic (exact) mass is 312 g/mol. The lowest BCUT2D eigenvalue weighted by Gasteiger charge is -2.26. The maximum absolute atomic E-state index is 11.4. The largest absolute Gasteiger partial charge is 0.480 e. The maximum atomic E-state index is 11.4. The molecule has 1 aliphatic rings. The Morgan fingerprint density at radius 2 is 2.19 bits per heavy atom. The third-order valence-electron chi connectivity index (χ3n) is 3.88. The van der Waals surface area contributed by atoms with Crippen molar-refractivity contribution in [3.63, 3.8) is 0 Å². The van der Waals surface area contributed by atoms with Crippen LogP contribution in [0.4, 0.5) is 0 Å². The summed E-state index contributed by atoms with van der Waals surface area (Å²) in [5.41, 5.74) is 0.145. The summed E-state index contributed by atoms with van der Waals surface area (Å²) in [6, 6.07) is 0.402. The Bertz CT molecular complexity index is 480. The zero-order valence-corrected chi connectivity index (χ0v) is 13.8. The zero-order valence-electron chi connectivity index (χ0n) is 12.9. The van der Waals surface area contributed by atoms with Crippen molar-refractivity contribution in [1.29, 1.82) is 0 Å². The number of aromatic nitrogens is 1. The fourth-order valence-corrected chi connectivity index (χ4v) is 3.07. The van der Waals surface area contributed by atoms with Crippen LogP contribution in [0, 0.1) is 13.8 Å². The molecule has 0 saturated heterocycles. The van der Waals surface area contributed by atoms with Gasteiger partial charge in [-0.1, -0.05) is 18.2 Å². The highest BCUT2D eigenvalue weighted by Crippen LogP contribution is 2.26. The minimum absolute atomic E-state index is 0.402. The molecule has 1 heterocycles. The van der Waals surface area contributed by atoms with E-state index in [-0.39, 0.29) is 0 Å². The van der Waals surface area contributed by atoms with Gasteiger partial charge in [0.15, 0.2) is 0 Å². The molecular formula is C15H24N2O3S. The number of aliphatic carboxylic acids is 1. The van der Waals surface area contributed by atoms with Crippen LogP contribution in [0.1, 0.15) is 50.5 Å². The average molecular weight is 312 g/mol. The number of unbranched alkanes of at least 4 members (excludes halogenated alkanes) is 1. The number of carbonyl (C=O) groups is 1. The summed E-state index contributed by atoms with van der Waals surface area (Å²) in [6.07, 6.45) is 4.70. The number of nitrogens with zero attached hydrogens (tertiary/aromatic N) is 1. The van der Waals surface area contributed by atoms with E-state index < -0.39 is 11.5 Å². The fraction of sp³-hybridized carbons (Fsp3) is 0.733. The first-order valence-electron chi connectivity index (χ1n) is 7.48. The van der Waals surface area contributed by atoms with Crippen molar-refractivity contribution in [2.24, 2.45) is 0 Å². The molecule has 1 aromatic heterocycles. The van der Waals surface area contributed by atoms with Crippen molar-refractivity contribution in [3.05, 3.63) is 11.5 Å². The van der Waals surface area contributed by atoms with Crippen molar-refractivity contribution in [2.45, 2.75) is 69.7 Å². The third-order valence-corrected chi connectivity index (χ3v) is 4.79. The van der Waals surface area contributed by atoms with E-state index in [9.17, 15) is 9.90 Å². The zero-order chi connectivity index (χ0) is 15.5. The molecular weight excluding hydrogens is 288 g/mol. The number of carboxylic acids is 1. The van der Waals surface area contributed by atoms with E-state index in [1.807, 2.05) is 13.8 Å². The molecule has 21 heavy (non-hydrogen) atoms. The predicted molar refractivity (Wildman–Crippen MR) is 82.8 cm³/mol. The number of aryl methyl sites for hydroxylation is 2. The molecule has 0 aliphatic heterocycles. The molecule has 118 valence electrons. The maximum Gasteiger partial charge on any atom is 0.323 e. The van der Waals surface area contributed by atoms with Gasteiger partial charge in [0.25, 0.3) is 5.22 Å². The Balaban J connectivity index is 1.68. The van der Waals surface area contributed by atoms with Gasteiger partial charge in [0.1, 0.15) is 11.3 Å². The van der Waals surface area contributed by atoms with Crippen LogP contribution in [0.5, 0.6) is 0 Å². The molecule has 2 N–H and O–H groups in total. The SMILES string of the molecule is Cc1nc(SCCCCC(C)(NC2CC2)C(=O)O)oc1C. The Kier molecular flexibility index (Phi) is 5.32. The number of oxazole rings is 1. The Morgan fingerprint density at radius 3 is 2.71 bits per heavy atom. The summed E-state index contributed by atoms with van der Waals surface area (Å²) in [7, 11) is 0. The molecule has 1 saturated carbocycles. The first-order chi connectivity index (χ1) is 9.90. The minimum Gasteiger partial charge on any atom is -0.480 e. The average Bonchev–Trinajstić information content (AvgIpc) is 3.15. The van der Waals surface area contributed by atoms with Crippen LogP contribution < -0.4 is 5.32 Å². The van der Waals surface area contributed by atoms with Crippen LogP contribution in [-0.4, -0.2) is 33.4 Å². The van der Waals surface area contributed by atoms with Crippen LogP contribution in [0.25, 0.3) is 0 Å². The first kappa shape index (κ1) is 16.4. The second-order valence-electron chi connectivity index (χ2n) is 5.98. The molecule has 1 atom stereocenters. The van der Waals surface area contributed by atoms with E-state index in [1.165, 1.54) is 0 Å². The van der Waals surface area contributed by atoms with E-state index in [0.717, 1.165) is 42.9 Å². The van der Waals surface area contributed by atoms with E-state index in [4.69, 9.17) is 4.42 Å². The predicted octanol–water partition coefficient (Wildman–Crippen LogP) is 3.15. The van der Waals surface area contributed by atoms with Crippen LogP contribution in [0.3, 0.4) is 0 Å². The van der Waals surface area contributed by atoms with E-state index in [1.54, 1.807) is 18.7 Å². The van der Waals surface area contributed by atoms with Crippen molar-refractivity contribution in [3.8, 4) is 0 Å². The third kappa shape index (κ3) is 4.74. The van der Waals surface area contributed by atoms with Gasteiger partial charge in [-0.3, -0.25) is 10.1 Å². The Labute approximate surface area is 129 Å². The molecule has 0 aromatic carbocycles. The lowest BCUT2D eigenvalue weighted by atomic mass is 9.95. The number of rotatable bonds is 9. The summed E-state index contributed by atoms with van der Waals surface area (Å²) < 4.78 is 5.51. The van der Waals surface area contributed by atoms with Crippen molar-refractivity contribution in [2.75, 3.05) is 5.75 Å². The normalized spacial score (nSPS) is 17.7. The Morgan fingerprint density at radius 1 is 1.48 bits per heavy atom. The van der Waals surface area contributed by atoms with Crippen molar-refractivity contribution < 1.29 is 14.3 Å². The van der Waals surface area contributed by atoms with Crippen LogP contribution in [0.15, 0.2) is 9.64 Å². The first-order valence-corrected chi connectivity index (χ1v) is 8.47. The molecule has 0 bridgehead atoms. The van der Waals surface area contributed by atoms with Gasteiger partial charge in [-0.05, 0) is 46.5 Å². The number of nitrogens with one attached hydrogen (secondary N) is 1. The molecule has 1 aromatic rings. The molecule has 2 rings (SSSR count). The molecule has 0 spiro atoms. The van der Waals surface area contributed by atoms with Gasteiger partial charge in [-0.2, -0.15) is 0 Å². The van der Waals surface area contributed by atoms with Gasteiger partial charge in [0.2, 0.25) is 0 Å². The molecule has 1 aliphatic carbocycles. The second kappa shape index (κ2) is 6.83. The quantitative estimate of drug-likeness (QED) is 0.539. The summed E-state index contributed by atoms with van der Waals surface area (Å²) in [6.45, 7) is 5.64. The van der Waals surface area contributed by atoms with Crippen molar-refractivity contribution in [1.82, 2.24) is 10.3 Å². The van der Waals surface area contributed by atoms with Crippen LogP contribution >= 0.6 is 11.8 Å². The minimum atomic E-state index is -0.790. The standard InChI is InChI=1S/C15H24N2O3S/c1-10-11(2)20-14(16-10)21-9-5-4-8-15(3,13(18)19)17-12-6-7-12/h12,17H,4-9H2,1-3H3,(H,18,19). The molecule has 1 fully saturated rings. The number of hydrogen-bond donors (Lipinski definition) is 2. The van der Waals surface area contributed by atoms with Gasteiger partial charge in [-0.25, -0.2) is 4.98 Å². The number of thioether (sulfide) groups is 1. The number of hydrogen-bond acceptors (Lipinski definition) is 5.